The van der Waals surface area contributed by atoms with Gasteiger partial charge in [0.15, 0.2) is 0 Å². The van der Waals surface area contributed by atoms with E-state index in [4.69, 9.17) is 10.8 Å². The number of carboxylic acids is 1. The molecule has 6 nitrogen and oxygen atoms in total. The molecule has 1 aromatic heterocycles. The molecule has 0 aliphatic carbocycles. The van der Waals surface area contributed by atoms with Crippen molar-refractivity contribution >= 4 is 11.9 Å². The maximum absolute atomic E-state index is 10.1. The van der Waals surface area contributed by atoms with Crippen molar-refractivity contribution in [1.82, 2.24) is 15.3 Å². The molecule has 70 valence electrons. The standard InChI is InChI=1S/C7H10N4O2/c8-7-10-2-5(3-11-7)1-9-4-6(12)13/h2-3,9H,1,4H2,(H,12,13)(H2,8,10,11). The summed E-state index contributed by atoms with van der Waals surface area (Å²) in [6, 6.07) is 0. The molecule has 4 N–H and O–H groups in total. The Bertz CT molecular complexity index is 285. The van der Waals surface area contributed by atoms with E-state index in [1.54, 1.807) is 12.4 Å². The molecule has 0 aliphatic rings. The minimum absolute atomic E-state index is 0.0790. The number of aliphatic carboxylic acids is 1. The van der Waals surface area contributed by atoms with Gasteiger partial charge in [0, 0.05) is 24.5 Å². The molecule has 0 aliphatic heterocycles. The summed E-state index contributed by atoms with van der Waals surface area (Å²) in [5.41, 5.74) is 6.07. The number of nitrogen functional groups attached to an aromatic ring is 1. The SMILES string of the molecule is Nc1ncc(CNCC(=O)O)cn1. The molecule has 0 spiro atoms. The molecule has 0 saturated heterocycles. The average Bonchev–Trinajstić information content (AvgIpc) is 2.08. The minimum Gasteiger partial charge on any atom is -0.480 e. The number of carbonyl (C=O) groups is 1. The first-order chi connectivity index (χ1) is 6.18. The molecule has 0 unspecified atom stereocenters. The molecular formula is C7H10N4O2. The zero-order valence-corrected chi connectivity index (χ0v) is 6.90. The molecule has 0 amide bonds. The van der Waals surface area contributed by atoms with E-state index in [1.807, 2.05) is 0 Å². The van der Waals surface area contributed by atoms with Crippen molar-refractivity contribution in [3.63, 3.8) is 0 Å². The van der Waals surface area contributed by atoms with E-state index in [0.717, 1.165) is 5.56 Å². The second-order valence-electron chi connectivity index (χ2n) is 2.45. The van der Waals surface area contributed by atoms with Gasteiger partial charge in [-0.15, -0.1) is 0 Å². The minimum atomic E-state index is -0.892. The third kappa shape index (κ3) is 3.48. The third-order valence-electron chi connectivity index (χ3n) is 1.33. The molecule has 1 heterocycles. The Morgan fingerprint density at radius 3 is 2.69 bits per heavy atom. The first-order valence-electron chi connectivity index (χ1n) is 3.67. The van der Waals surface area contributed by atoms with Crippen LogP contribution in [0.5, 0.6) is 0 Å². The fourth-order valence-electron chi connectivity index (χ4n) is 0.770. The Morgan fingerprint density at radius 2 is 2.15 bits per heavy atom. The number of aromatic nitrogens is 2. The van der Waals surface area contributed by atoms with Gasteiger partial charge in [-0.1, -0.05) is 0 Å². The highest BCUT2D eigenvalue weighted by Gasteiger charge is 1.97. The predicted octanol–water partition coefficient (Wildman–Crippen LogP) is -0.767. The van der Waals surface area contributed by atoms with Gasteiger partial charge < -0.3 is 16.2 Å². The molecule has 0 radical (unpaired) electrons. The Labute approximate surface area is 74.8 Å². The quantitative estimate of drug-likeness (QED) is 0.565. The first-order valence-corrected chi connectivity index (χ1v) is 3.67. The lowest BCUT2D eigenvalue weighted by atomic mass is 10.3. The fraction of sp³-hybridized carbons (Fsp3) is 0.286. The Hall–Kier alpha value is -1.69. The van der Waals surface area contributed by atoms with Gasteiger partial charge in [-0.2, -0.15) is 0 Å². The molecule has 1 rings (SSSR count). The normalized spacial score (nSPS) is 9.85. The number of nitrogens with zero attached hydrogens (tertiary/aromatic N) is 2. The number of hydrogen-bond acceptors (Lipinski definition) is 5. The van der Waals surface area contributed by atoms with Crippen LogP contribution >= 0.6 is 0 Å². The fourth-order valence-corrected chi connectivity index (χ4v) is 0.770. The van der Waals surface area contributed by atoms with Crippen molar-refractivity contribution < 1.29 is 9.90 Å². The van der Waals surface area contributed by atoms with E-state index in [1.165, 1.54) is 0 Å². The van der Waals surface area contributed by atoms with Gasteiger partial charge in [0.25, 0.3) is 0 Å². The highest BCUT2D eigenvalue weighted by Crippen LogP contribution is 1.95. The van der Waals surface area contributed by atoms with Crippen LogP contribution in [0.4, 0.5) is 5.95 Å². The summed E-state index contributed by atoms with van der Waals surface area (Å²) >= 11 is 0. The summed E-state index contributed by atoms with van der Waals surface area (Å²) < 4.78 is 0. The van der Waals surface area contributed by atoms with E-state index in [2.05, 4.69) is 15.3 Å². The van der Waals surface area contributed by atoms with Crippen molar-refractivity contribution in [2.24, 2.45) is 0 Å². The van der Waals surface area contributed by atoms with Crippen LogP contribution in [0, 0.1) is 0 Å². The number of nitrogens with two attached hydrogens (primary N) is 1. The molecule has 0 saturated carbocycles. The van der Waals surface area contributed by atoms with Crippen molar-refractivity contribution in [2.45, 2.75) is 6.54 Å². The molecule has 1 aromatic rings. The summed E-state index contributed by atoms with van der Waals surface area (Å²) in [7, 11) is 0. The van der Waals surface area contributed by atoms with Crippen LogP contribution in [0.2, 0.25) is 0 Å². The molecule has 0 bridgehead atoms. The number of nitrogens with one attached hydrogen (secondary N) is 1. The maximum Gasteiger partial charge on any atom is 0.317 e. The van der Waals surface area contributed by atoms with Crippen LogP contribution in [0.15, 0.2) is 12.4 Å². The van der Waals surface area contributed by atoms with E-state index in [-0.39, 0.29) is 12.5 Å². The topological polar surface area (TPSA) is 101 Å². The Balaban J connectivity index is 2.37. The highest BCUT2D eigenvalue weighted by molar-refractivity contribution is 5.68. The van der Waals surface area contributed by atoms with Crippen molar-refractivity contribution in [1.29, 1.82) is 0 Å². The first kappa shape index (κ1) is 9.40. The number of anilines is 1. The monoisotopic (exact) mass is 182 g/mol. The van der Waals surface area contributed by atoms with Crippen LogP contribution in [0.25, 0.3) is 0 Å². The van der Waals surface area contributed by atoms with Crippen molar-refractivity contribution in [2.75, 3.05) is 12.3 Å². The summed E-state index contributed by atoms with van der Waals surface area (Å²) in [6.07, 6.45) is 3.11. The van der Waals surface area contributed by atoms with E-state index in [9.17, 15) is 4.79 Å². The highest BCUT2D eigenvalue weighted by atomic mass is 16.4. The molecule has 6 heteroatoms. The van der Waals surface area contributed by atoms with Gasteiger partial charge in [-0.25, -0.2) is 9.97 Å². The predicted molar refractivity (Wildman–Crippen MR) is 45.8 cm³/mol. The zero-order valence-electron chi connectivity index (χ0n) is 6.90. The van der Waals surface area contributed by atoms with Gasteiger partial charge in [-0.3, -0.25) is 4.79 Å². The van der Waals surface area contributed by atoms with Crippen molar-refractivity contribution in [3.8, 4) is 0 Å². The third-order valence-corrected chi connectivity index (χ3v) is 1.33. The van der Waals surface area contributed by atoms with Crippen LogP contribution in [0.3, 0.4) is 0 Å². The molecule has 13 heavy (non-hydrogen) atoms. The average molecular weight is 182 g/mol. The second kappa shape index (κ2) is 4.36. The van der Waals surface area contributed by atoms with Gasteiger partial charge in [0.05, 0.1) is 6.54 Å². The van der Waals surface area contributed by atoms with Gasteiger partial charge in [0.2, 0.25) is 5.95 Å². The van der Waals surface area contributed by atoms with E-state index < -0.39 is 5.97 Å². The van der Waals surface area contributed by atoms with Crippen LogP contribution in [-0.4, -0.2) is 27.6 Å². The van der Waals surface area contributed by atoms with E-state index >= 15 is 0 Å². The zero-order chi connectivity index (χ0) is 9.68. The summed E-state index contributed by atoms with van der Waals surface area (Å²) in [6.45, 7) is 0.344. The maximum atomic E-state index is 10.1. The lowest BCUT2D eigenvalue weighted by Crippen LogP contribution is -2.22. The molecule has 0 aromatic carbocycles. The number of hydrogen-bond donors (Lipinski definition) is 3. The smallest absolute Gasteiger partial charge is 0.317 e. The van der Waals surface area contributed by atoms with E-state index in [0.29, 0.717) is 6.54 Å². The lowest BCUT2D eigenvalue weighted by Gasteiger charge is -2.00. The number of carboxylic acid groups (broad SMARTS) is 1. The van der Waals surface area contributed by atoms with Crippen LogP contribution in [-0.2, 0) is 11.3 Å². The Kier molecular flexibility index (Phi) is 3.15. The van der Waals surface area contributed by atoms with Crippen LogP contribution in [0.1, 0.15) is 5.56 Å². The lowest BCUT2D eigenvalue weighted by molar-refractivity contribution is -0.135. The molecule has 0 fully saturated rings. The van der Waals surface area contributed by atoms with Gasteiger partial charge >= 0.3 is 5.97 Å². The van der Waals surface area contributed by atoms with Gasteiger partial charge in [-0.05, 0) is 0 Å². The molecular weight excluding hydrogens is 172 g/mol. The number of rotatable bonds is 4. The Morgan fingerprint density at radius 1 is 1.54 bits per heavy atom. The largest absolute Gasteiger partial charge is 0.480 e. The summed E-state index contributed by atoms with van der Waals surface area (Å²) in [5, 5.41) is 11.0. The molecule has 0 atom stereocenters. The van der Waals surface area contributed by atoms with Gasteiger partial charge in [0.1, 0.15) is 0 Å². The van der Waals surface area contributed by atoms with Crippen LogP contribution < -0.4 is 11.1 Å². The van der Waals surface area contributed by atoms with Crippen molar-refractivity contribution in [3.05, 3.63) is 18.0 Å². The summed E-state index contributed by atoms with van der Waals surface area (Å²) in [5.74, 6) is -0.682. The summed E-state index contributed by atoms with van der Waals surface area (Å²) in [4.78, 5) is 17.6. The second-order valence-corrected chi connectivity index (χ2v) is 2.45.